The molecule has 2 unspecified atom stereocenters. The average molecular weight is 495 g/mol. The van der Waals surface area contributed by atoms with E-state index in [1.165, 1.54) is 22.1 Å². The molecule has 0 radical (unpaired) electrons. The van der Waals surface area contributed by atoms with Crippen LogP contribution in [0, 0.1) is 0 Å². The number of halogens is 1. The Hall–Kier alpha value is -2.73. The lowest BCUT2D eigenvalue weighted by Gasteiger charge is -2.29. The number of aromatic carboxylic acids is 1. The zero-order valence-corrected chi connectivity index (χ0v) is 19.6. The van der Waals surface area contributed by atoms with E-state index in [4.69, 9.17) is 25.6 Å². The summed E-state index contributed by atoms with van der Waals surface area (Å²) in [5.74, 6) is -1.03. The third kappa shape index (κ3) is 4.96. The van der Waals surface area contributed by atoms with E-state index in [0.29, 0.717) is 29.0 Å². The summed E-state index contributed by atoms with van der Waals surface area (Å²) in [7, 11) is 3.17. The van der Waals surface area contributed by atoms with Gasteiger partial charge in [0.1, 0.15) is 11.4 Å². The van der Waals surface area contributed by atoms with Crippen LogP contribution in [0.5, 0.6) is 0 Å². The van der Waals surface area contributed by atoms with Crippen molar-refractivity contribution in [2.45, 2.75) is 31.5 Å². The van der Waals surface area contributed by atoms with Gasteiger partial charge in [0.15, 0.2) is 11.5 Å². The van der Waals surface area contributed by atoms with E-state index in [9.17, 15) is 14.7 Å². The van der Waals surface area contributed by atoms with Crippen LogP contribution in [0.15, 0.2) is 28.8 Å². The van der Waals surface area contributed by atoms with Gasteiger partial charge in [0.2, 0.25) is 0 Å². The van der Waals surface area contributed by atoms with Crippen LogP contribution in [0.25, 0.3) is 10.6 Å². The van der Waals surface area contributed by atoms with Crippen LogP contribution < -0.4 is 0 Å². The van der Waals surface area contributed by atoms with Crippen molar-refractivity contribution in [3.63, 3.8) is 0 Å². The van der Waals surface area contributed by atoms with E-state index in [1.807, 2.05) is 6.07 Å². The van der Waals surface area contributed by atoms with Gasteiger partial charge in [-0.3, -0.25) is 9.48 Å². The molecule has 12 heteroatoms. The molecule has 3 aromatic rings. The fourth-order valence-corrected chi connectivity index (χ4v) is 5.05. The minimum atomic E-state index is -1.20. The molecule has 0 saturated carbocycles. The molecule has 10 nitrogen and oxygen atoms in total. The molecule has 2 atom stereocenters. The maximum Gasteiger partial charge on any atom is 0.354 e. The molecule has 1 N–H and O–H groups in total. The van der Waals surface area contributed by atoms with Crippen molar-refractivity contribution in [3.8, 4) is 10.6 Å². The topological polar surface area (TPSA) is 120 Å². The lowest BCUT2D eigenvalue weighted by atomic mass is 10.2. The van der Waals surface area contributed by atoms with Crippen molar-refractivity contribution >= 4 is 34.8 Å². The highest BCUT2D eigenvalue weighted by molar-refractivity contribution is 7.19. The Kier molecular flexibility index (Phi) is 7.13. The van der Waals surface area contributed by atoms with Gasteiger partial charge in [0.05, 0.1) is 41.1 Å². The Morgan fingerprint density at radius 2 is 1.91 bits per heavy atom. The number of carboxylic acid groups (broad SMARTS) is 1. The minimum absolute atomic E-state index is 0.0283. The molecular formula is C21H23ClN4O6S. The van der Waals surface area contributed by atoms with Gasteiger partial charge in [-0.05, 0) is 25.0 Å². The number of methoxy groups -OCH3 is 2. The third-order valence-electron chi connectivity index (χ3n) is 5.48. The monoisotopic (exact) mass is 494 g/mol. The highest BCUT2D eigenvalue weighted by Gasteiger charge is 2.38. The van der Waals surface area contributed by atoms with Crippen molar-refractivity contribution in [2.75, 3.05) is 27.4 Å². The number of carbonyl (C=O) groups is 2. The number of hydrogen-bond acceptors (Lipinski definition) is 8. The van der Waals surface area contributed by atoms with Gasteiger partial charge in [-0.2, -0.15) is 5.10 Å². The van der Waals surface area contributed by atoms with Crippen LogP contribution >= 0.6 is 22.9 Å². The Balaban J connectivity index is 1.59. The highest BCUT2D eigenvalue weighted by atomic mass is 35.5. The summed E-state index contributed by atoms with van der Waals surface area (Å²) in [6.07, 6.45) is 1.54. The summed E-state index contributed by atoms with van der Waals surface area (Å²) < 4.78 is 17.8. The summed E-state index contributed by atoms with van der Waals surface area (Å²) in [6, 6.07) is 6.29. The number of thiophene rings is 1. The Morgan fingerprint density at radius 1 is 1.21 bits per heavy atom. The molecule has 1 aliphatic rings. The minimum Gasteiger partial charge on any atom is -0.477 e. The molecular weight excluding hydrogens is 472 g/mol. The van der Waals surface area contributed by atoms with E-state index in [0.717, 1.165) is 17.7 Å². The fourth-order valence-electron chi connectivity index (χ4n) is 4.05. The second-order valence-corrected chi connectivity index (χ2v) is 9.39. The van der Waals surface area contributed by atoms with E-state index in [-0.39, 0.29) is 35.9 Å². The van der Waals surface area contributed by atoms with Crippen LogP contribution in [0.1, 0.15) is 39.5 Å². The van der Waals surface area contributed by atoms with Gasteiger partial charge in [0, 0.05) is 26.4 Å². The van der Waals surface area contributed by atoms with Gasteiger partial charge in [-0.1, -0.05) is 16.8 Å². The molecule has 33 heavy (non-hydrogen) atoms. The van der Waals surface area contributed by atoms with Gasteiger partial charge in [-0.15, -0.1) is 11.3 Å². The van der Waals surface area contributed by atoms with E-state index >= 15 is 0 Å². The van der Waals surface area contributed by atoms with E-state index < -0.39 is 5.97 Å². The molecule has 0 aliphatic carbocycles. The molecule has 176 valence electrons. The summed E-state index contributed by atoms with van der Waals surface area (Å²) in [4.78, 5) is 27.7. The average Bonchev–Trinajstić information content (AvgIpc) is 3.55. The summed E-state index contributed by atoms with van der Waals surface area (Å²) in [5, 5.41) is 18.0. The molecule has 0 spiro atoms. The standard InChI is InChI=1S/C21H23ClN4O6S/c1-30-10-13-3-4-14(11-31-2)26(13)20(27)15-8-16(21(28)29)25(23-15)9-12-7-17(32-24-12)18-5-6-19(22)33-18/h5-8,13-14H,3-4,9-11H2,1-2H3,(H,28,29). The fraction of sp³-hybridized carbons (Fsp3) is 0.429. The van der Waals surface area contributed by atoms with Crippen LogP contribution in [0.2, 0.25) is 4.34 Å². The Bertz CT molecular complexity index is 1130. The first kappa shape index (κ1) is 23.4. The Labute approximate surface area is 198 Å². The third-order valence-corrected chi connectivity index (χ3v) is 6.72. The second kappa shape index (κ2) is 10.0. The first-order valence-electron chi connectivity index (χ1n) is 10.2. The number of ether oxygens (including phenoxy) is 2. The predicted octanol–water partition coefficient (Wildman–Crippen LogP) is 3.27. The van der Waals surface area contributed by atoms with E-state index in [1.54, 1.807) is 31.3 Å². The van der Waals surface area contributed by atoms with Gasteiger partial charge >= 0.3 is 5.97 Å². The molecule has 3 aromatic heterocycles. The molecule has 1 aliphatic heterocycles. The number of aromatic nitrogens is 3. The maximum absolute atomic E-state index is 13.4. The Morgan fingerprint density at radius 3 is 2.48 bits per heavy atom. The van der Waals surface area contributed by atoms with Crippen LogP contribution in [0.4, 0.5) is 0 Å². The summed E-state index contributed by atoms with van der Waals surface area (Å²) >= 11 is 7.32. The quantitative estimate of drug-likeness (QED) is 0.481. The van der Waals surface area contributed by atoms with Gasteiger partial charge < -0.3 is 24.0 Å². The zero-order valence-electron chi connectivity index (χ0n) is 18.1. The molecule has 1 fully saturated rings. The van der Waals surface area contributed by atoms with E-state index in [2.05, 4.69) is 10.3 Å². The summed E-state index contributed by atoms with van der Waals surface area (Å²) in [6.45, 7) is 0.792. The smallest absolute Gasteiger partial charge is 0.354 e. The maximum atomic E-state index is 13.4. The van der Waals surface area contributed by atoms with Gasteiger partial charge in [0.25, 0.3) is 5.91 Å². The van der Waals surface area contributed by atoms with Crippen molar-refractivity contribution in [2.24, 2.45) is 0 Å². The van der Waals surface area contributed by atoms with Crippen molar-refractivity contribution < 1.29 is 28.7 Å². The van der Waals surface area contributed by atoms with Crippen molar-refractivity contribution in [1.29, 1.82) is 0 Å². The second-order valence-electron chi connectivity index (χ2n) is 7.67. The van der Waals surface area contributed by atoms with Crippen molar-refractivity contribution in [1.82, 2.24) is 19.8 Å². The predicted molar refractivity (Wildman–Crippen MR) is 120 cm³/mol. The molecule has 4 heterocycles. The number of amides is 1. The van der Waals surface area contributed by atoms with Crippen LogP contribution in [0.3, 0.4) is 0 Å². The number of nitrogens with zero attached hydrogens (tertiary/aromatic N) is 4. The molecule has 0 aromatic carbocycles. The lowest BCUT2D eigenvalue weighted by molar-refractivity contribution is 0.0414. The zero-order chi connectivity index (χ0) is 23.5. The summed E-state index contributed by atoms with van der Waals surface area (Å²) in [5.41, 5.74) is 0.396. The molecule has 4 rings (SSSR count). The SMILES string of the molecule is COCC1CCC(COC)N1C(=O)c1cc(C(=O)O)n(Cc2cc(-c3ccc(Cl)s3)on2)n1. The molecule has 1 amide bonds. The number of carboxylic acids is 1. The van der Waals surface area contributed by atoms with Gasteiger partial charge in [-0.25, -0.2) is 4.79 Å². The van der Waals surface area contributed by atoms with Crippen molar-refractivity contribution in [3.05, 3.63) is 45.7 Å². The van der Waals surface area contributed by atoms with Crippen LogP contribution in [-0.4, -0.2) is 76.3 Å². The number of carbonyl (C=O) groups excluding carboxylic acids is 1. The first-order valence-corrected chi connectivity index (χ1v) is 11.4. The molecule has 0 bridgehead atoms. The number of likely N-dealkylation sites (tertiary alicyclic amines) is 1. The largest absolute Gasteiger partial charge is 0.477 e. The number of rotatable bonds is 9. The lowest BCUT2D eigenvalue weighted by Crippen LogP contribution is -2.45. The number of hydrogen-bond donors (Lipinski definition) is 1. The van der Waals surface area contributed by atoms with Crippen LogP contribution in [-0.2, 0) is 16.0 Å². The molecule has 1 saturated heterocycles. The normalized spacial score (nSPS) is 18.2. The highest BCUT2D eigenvalue weighted by Crippen LogP contribution is 2.31. The first-order chi connectivity index (χ1) is 15.9.